The quantitative estimate of drug-likeness (QED) is 0.0211. The number of esters is 2. The molecule has 0 amide bonds. The molecule has 2 atom stereocenters. The zero-order valence-corrected chi connectivity index (χ0v) is 45.5. The van der Waals surface area contributed by atoms with Crippen LogP contribution >= 0.6 is 7.82 Å². The van der Waals surface area contributed by atoms with Crippen LogP contribution in [0, 0.1) is 0 Å². The first-order chi connectivity index (χ1) is 32.5. The van der Waals surface area contributed by atoms with Gasteiger partial charge in [0.15, 0.2) is 6.10 Å². The van der Waals surface area contributed by atoms with Crippen LogP contribution < -0.4 is 0 Å². The van der Waals surface area contributed by atoms with Crippen molar-refractivity contribution in [3.63, 3.8) is 0 Å². The van der Waals surface area contributed by atoms with Crippen LogP contribution in [0.1, 0.15) is 264 Å². The van der Waals surface area contributed by atoms with Gasteiger partial charge in [0.1, 0.15) is 19.8 Å². The van der Waals surface area contributed by atoms with Crippen LogP contribution in [0.2, 0.25) is 0 Å². The van der Waals surface area contributed by atoms with Gasteiger partial charge in [-0.05, 0) is 70.6 Å². The summed E-state index contributed by atoms with van der Waals surface area (Å²) >= 11 is 0. The number of carbonyl (C=O) groups excluding carboxylic acids is 2. The maximum atomic E-state index is 12.8. The number of hydrogen-bond acceptors (Lipinski definition) is 7. The van der Waals surface area contributed by atoms with Gasteiger partial charge in [-0.15, -0.1) is 0 Å². The molecule has 0 saturated heterocycles. The zero-order valence-electron chi connectivity index (χ0n) is 44.6. The third kappa shape index (κ3) is 53.4. The van der Waals surface area contributed by atoms with E-state index in [2.05, 4.69) is 50.3 Å². The third-order valence-electron chi connectivity index (χ3n) is 12.4. The number of carbonyl (C=O) groups is 2. The van der Waals surface area contributed by atoms with E-state index in [9.17, 15) is 19.0 Å². The molecule has 67 heavy (non-hydrogen) atoms. The van der Waals surface area contributed by atoms with E-state index in [0.29, 0.717) is 17.4 Å². The molecule has 0 fully saturated rings. The van der Waals surface area contributed by atoms with Gasteiger partial charge < -0.3 is 18.9 Å². The van der Waals surface area contributed by atoms with Gasteiger partial charge in [-0.3, -0.25) is 18.6 Å². The Bertz CT molecular complexity index is 1230. The Kier molecular flexibility index (Phi) is 47.9. The second-order valence-corrected chi connectivity index (χ2v) is 21.8. The number of nitrogens with zero attached hydrogens (tertiary/aromatic N) is 1. The van der Waals surface area contributed by atoms with E-state index in [-0.39, 0.29) is 32.0 Å². The van der Waals surface area contributed by atoms with Crippen LogP contribution in [-0.2, 0) is 32.7 Å². The predicted molar refractivity (Wildman–Crippen MR) is 284 cm³/mol. The molecule has 0 aliphatic heterocycles. The molecule has 0 rings (SSSR count). The number of allylic oxidation sites excluding steroid dienone is 6. The van der Waals surface area contributed by atoms with Crippen molar-refractivity contribution in [3.05, 3.63) is 36.5 Å². The number of phosphoric acid groups is 1. The lowest BCUT2D eigenvalue weighted by molar-refractivity contribution is -0.870. The van der Waals surface area contributed by atoms with Gasteiger partial charge >= 0.3 is 19.8 Å². The summed E-state index contributed by atoms with van der Waals surface area (Å²) in [5, 5.41) is 0. The molecule has 0 heterocycles. The Hall–Kier alpha value is -1.77. The van der Waals surface area contributed by atoms with Crippen molar-refractivity contribution in [3.8, 4) is 0 Å². The first kappa shape index (κ1) is 65.2. The van der Waals surface area contributed by atoms with E-state index < -0.39 is 26.5 Å². The van der Waals surface area contributed by atoms with Crippen LogP contribution in [0.25, 0.3) is 0 Å². The Morgan fingerprint density at radius 3 is 1.19 bits per heavy atom. The Morgan fingerprint density at radius 2 is 0.806 bits per heavy atom. The molecule has 0 aliphatic rings. The normalized spacial score (nSPS) is 13.6. The fourth-order valence-electron chi connectivity index (χ4n) is 7.98. The van der Waals surface area contributed by atoms with Gasteiger partial charge in [0.25, 0.3) is 0 Å². The van der Waals surface area contributed by atoms with Gasteiger partial charge in [-0.1, -0.05) is 217 Å². The Morgan fingerprint density at radius 1 is 0.463 bits per heavy atom. The van der Waals surface area contributed by atoms with E-state index in [4.69, 9.17) is 18.5 Å². The van der Waals surface area contributed by atoms with Crippen molar-refractivity contribution < 1.29 is 42.1 Å². The lowest BCUT2D eigenvalue weighted by Crippen LogP contribution is -2.37. The molecule has 10 heteroatoms. The molecule has 0 saturated carbocycles. The lowest BCUT2D eigenvalue weighted by atomic mass is 10.0. The zero-order chi connectivity index (χ0) is 49.2. The summed E-state index contributed by atoms with van der Waals surface area (Å²) in [6, 6.07) is 0. The molecule has 0 aliphatic carbocycles. The van der Waals surface area contributed by atoms with Crippen LogP contribution in [0.3, 0.4) is 0 Å². The fraction of sp³-hybridized carbons (Fsp3) is 0.860. The molecule has 1 N–H and O–H groups in total. The highest BCUT2D eigenvalue weighted by Crippen LogP contribution is 2.43. The first-order valence-electron chi connectivity index (χ1n) is 28.2. The number of hydrogen-bond donors (Lipinski definition) is 1. The van der Waals surface area contributed by atoms with E-state index in [1.54, 1.807) is 0 Å². The lowest BCUT2D eigenvalue weighted by Gasteiger charge is -2.24. The second-order valence-electron chi connectivity index (χ2n) is 20.3. The third-order valence-corrected chi connectivity index (χ3v) is 13.4. The average molecular weight is 967 g/mol. The van der Waals surface area contributed by atoms with Crippen molar-refractivity contribution in [2.45, 2.75) is 270 Å². The number of phosphoric ester groups is 1. The summed E-state index contributed by atoms with van der Waals surface area (Å²) in [5.41, 5.74) is 0. The van der Waals surface area contributed by atoms with Crippen molar-refractivity contribution in [1.82, 2.24) is 0 Å². The SMILES string of the molecule is CCCCCCC/C=C\C/C=C\CCCCCCCCCCCCCCCCCCCC(=O)OC(COC(=O)CCCCCCC/C=C\CCCCCCC)COP(=O)(O)OCC[N+](C)(C)C. The Labute approximate surface area is 414 Å². The van der Waals surface area contributed by atoms with Gasteiger partial charge in [0.2, 0.25) is 0 Å². The van der Waals surface area contributed by atoms with E-state index >= 15 is 0 Å². The number of rotatable bonds is 52. The molecule has 9 nitrogen and oxygen atoms in total. The summed E-state index contributed by atoms with van der Waals surface area (Å²) in [4.78, 5) is 35.6. The maximum absolute atomic E-state index is 12.8. The van der Waals surface area contributed by atoms with E-state index in [1.807, 2.05) is 21.1 Å². The minimum absolute atomic E-state index is 0.0318. The molecular weight excluding hydrogens is 858 g/mol. The van der Waals surface area contributed by atoms with Crippen LogP contribution in [0.4, 0.5) is 0 Å². The monoisotopic (exact) mass is 967 g/mol. The van der Waals surface area contributed by atoms with Gasteiger partial charge in [-0.25, -0.2) is 4.57 Å². The van der Waals surface area contributed by atoms with Crippen molar-refractivity contribution in [1.29, 1.82) is 0 Å². The maximum Gasteiger partial charge on any atom is 0.472 e. The van der Waals surface area contributed by atoms with Crippen LogP contribution in [-0.4, -0.2) is 74.9 Å². The number of quaternary nitrogens is 1. The average Bonchev–Trinajstić information content (AvgIpc) is 3.29. The smallest absolute Gasteiger partial charge is 0.462 e. The van der Waals surface area contributed by atoms with Crippen molar-refractivity contribution >= 4 is 19.8 Å². The number of unbranched alkanes of at least 4 members (excludes halogenated alkanes) is 32. The van der Waals surface area contributed by atoms with Gasteiger partial charge in [-0.2, -0.15) is 0 Å². The highest BCUT2D eigenvalue weighted by atomic mass is 31.2. The van der Waals surface area contributed by atoms with Crippen LogP contribution in [0.15, 0.2) is 36.5 Å². The van der Waals surface area contributed by atoms with Gasteiger partial charge in [0, 0.05) is 12.8 Å². The first-order valence-corrected chi connectivity index (χ1v) is 29.7. The topological polar surface area (TPSA) is 108 Å². The molecule has 0 aromatic rings. The fourth-order valence-corrected chi connectivity index (χ4v) is 8.72. The van der Waals surface area contributed by atoms with E-state index in [0.717, 1.165) is 57.8 Å². The molecule has 394 valence electrons. The van der Waals surface area contributed by atoms with Crippen molar-refractivity contribution in [2.75, 3.05) is 47.5 Å². The second kappa shape index (κ2) is 49.2. The molecule has 0 spiro atoms. The summed E-state index contributed by atoms with van der Waals surface area (Å²) in [5.74, 6) is -0.798. The number of ether oxygens (including phenoxy) is 2. The molecule has 0 radical (unpaired) electrons. The molecule has 2 unspecified atom stereocenters. The summed E-state index contributed by atoms with van der Waals surface area (Å²) in [6.45, 7) is 4.43. The van der Waals surface area contributed by atoms with E-state index in [1.165, 1.54) is 173 Å². The molecular formula is C57H109NO8P+. The summed E-state index contributed by atoms with van der Waals surface area (Å²) < 4.78 is 34.5. The van der Waals surface area contributed by atoms with Crippen LogP contribution in [0.5, 0.6) is 0 Å². The predicted octanol–water partition coefficient (Wildman–Crippen LogP) is 17.2. The molecule has 0 aromatic carbocycles. The van der Waals surface area contributed by atoms with Crippen molar-refractivity contribution in [2.24, 2.45) is 0 Å². The molecule has 0 bridgehead atoms. The standard InChI is InChI=1S/C57H108NO8P/c1-6-8-10-12-14-16-18-20-22-23-24-25-26-27-28-29-30-31-32-33-34-35-36-38-40-42-44-46-48-50-57(60)66-55(54-65-67(61,62)64-52-51-58(3,4)5)53-63-56(59)49-47-45-43-41-39-37-21-19-17-15-13-11-9-7-2/h18-21,23-24,55H,6-17,22,25-54H2,1-5H3/p+1/b20-18-,21-19-,24-23-. The highest BCUT2D eigenvalue weighted by Gasteiger charge is 2.27. The summed E-state index contributed by atoms with van der Waals surface area (Å²) in [7, 11) is 1.48. The minimum atomic E-state index is -4.38. The highest BCUT2D eigenvalue weighted by molar-refractivity contribution is 7.47. The molecule has 0 aromatic heterocycles. The summed E-state index contributed by atoms with van der Waals surface area (Å²) in [6.07, 6.45) is 59.3. The largest absolute Gasteiger partial charge is 0.472 e. The minimum Gasteiger partial charge on any atom is -0.462 e. The Balaban J connectivity index is 4.08. The number of likely N-dealkylation sites (N-methyl/N-ethyl adjacent to an activating group) is 1. The van der Waals surface area contributed by atoms with Gasteiger partial charge in [0.05, 0.1) is 27.7 Å².